The summed E-state index contributed by atoms with van der Waals surface area (Å²) in [6, 6.07) is 8.65. The lowest BCUT2D eigenvalue weighted by Gasteiger charge is -2.31. The number of hydrogen-bond acceptors (Lipinski definition) is 6. The molecule has 34 heavy (non-hydrogen) atoms. The Morgan fingerprint density at radius 3 is 2.59 bits per heavy atom. The van der Waals surface area contributed by atoms with E-state index in [2.05, 4.69) is 10.6 Å². The fourth-order valence-electron chi connectivity index (χ4n) is 4.37. The molecule has 0 aromatic heterocycles. The minimum atomic E-state index is -4.93. The first-order valence-corrected chi connectivity index (χ1v) is 10.8. The van der Waals surface area contributed by atoms with E-state index in [1.54, 1.807) is 17.0 Å². The van der Waals surface area contributed by atoms with Crippen molar-refractivity contribution in [2.75, 3.05) is 43.6 Å². The molecule has 0 saturated carbocycles. The summed E-state index contributed by atoms with van der Waals surface area (Å²) in [6.45, 7) is 1.66. The standard InChI is InChI=1S/C23H26F3N3O5/c1-33-20-16(21(31)23(24,25)26)11-14(29-6-8-34-9-7-29)12-18(20)28-22(32)27-17-10-13-4-2-3-5-15(13)19(17)30/h2-5,11-12,17,19,21,30-31H,6-10H2,1H3,(H2,27,28,32)/t17-,19-,21?/m1/s1. The number of ether oxygens (including phenoxy) is 2. The van der Waals surface area contributed by atoms with Gasteiger partial charge in [0, 0.05) is 24.3 Å². The number of fused-ring (bicyclic) bond motifs is 1. The summed E-state index contributed by atoms with van der Waals surface area (Å²) in [4.78, 5) is 14.6. The van der Waals surface area contributed by atoms with Crippen molar-refractivity contribution in [1.82, 2.24) is 5.32 Å². The number of nitrogens with zero attached hydrogens (tertiary/aromatic N) is 1. The quantitative estimate of drug-likeness (QED) is 0.524. The third-order valence-electron chi connectivity index (χ3n) is 6.05. The van der Waals surface area contributed by atoms with E-state index in [-0.39, 0.29) is 11.4 Å². The van der Waals surface area contributed by atoms with Gasteiger partial charge in [0.05, 0.1) is 38.2 Å². The van der Waals surface area contributed by atoms with E-state index in [0.29, 0.717) is 38.4 Å². The van der Waals surface area contributed by atoms with Crippen molar-refractivity contribution in [1.29, 1.82) is 0 Å². The number of carbonyl (C=O) groups is 1. The Bertz CT molecular complexity index is 1040. The van der Waals surface area contributed by atoms with Gasteiger partial charge >= 0.3 is 12.2 Å². The Hall–Kier alpha value is -3.02. The molecule has 3 atom stereocenters. The van der Waals surface area contributed by atoms with Crippen LogP contribution in [0.25, 0.3) is 0 Å². The molecule has 1 fully saturated rings. The topological polar surface area (TPSA) is 103 Å². The molecule has 2 aliphatic rings. The van der Waals surface area contributed by atoms with Crippen LogP contribution in [-0.4, -0.2) is 61.9 Å². The van der Waals surface area contributed by atoms with Gasteiger partial charge in [-0.25, -0.2) is 4.79 Å². The summed E-state index contributed by atoms with van der Waals surface area (Å²) in [5, 5.41) is 25.8. The first-order chi connectivity index (χ1) is 16.2. The van der Waals surface area contributed by atoms with Crippen molar-refractivity contribution in [2.45, 2.75) is 30.8 Å². The van der Waals surface area contributed by atoms with Crippen LogP contribution in [0.1, 0.15) is 28.9 Å². The first-order valence-electron chi connectivity index (χ1n) is 10.8. The van der Waals surface area contributed by atoms with Crippen LogP contribution in [0.15, 0.2) is 36.4 Å². The maximum Gasteiger partial charge on any atom is 0.418 e. The van der Waals surface area contributed by atoms with E-state index >= 15 is 0 Å². The van der Waals surface area contributed by atoms with Gasteiger partial charge in [-0.2, -0.15) is 13.2 Å². The fraction of sp³-hybridized carbons (Fsp3) is 0.435. The number of rotatable bonds is 5. The number of anilines is 2. The van der Waals surface area contributed by atoms with Gasteiger partial charge in [0.2, 0.25) is 0 Å². The SMILES string of the molecule is COc1c(NC(=O)N[C@@H]2Cc3ccccc3[C@H]2O)cc(N2CCOCC2)cc1C(O)C(F)(F)F. The van der Waals surface area contributed by atoms with Gasteiger partial charge in [0.25, 0.3) is 0 Å². The van der Waals surface area contributed by atoms with Crippen molar-refractivity contribution in [3.8, 4) is 5.75 Å². The van der Waals surface area contributed by atoms with Crippen LogP contribution in [-0.2, 0) is 11.2 Å². The molecule has 4 N–H and O–H groups in total. The number of aliphatic hydroxyl groups excluding tert-OH is 2. The summed E-state index contributed by atoms with van der Waals surface area (Å²) in [5.41, 5.74) is 1.46. The molecule has 4 rings (SSSR count). The normalized spacial score (nSPS) is 21.1. The molecule has 184 valence electrons. The lowest BCUT2D eigenvalue weighted by Crippen LogP contribution is -2.40. The Labute approximate surface area is 194 Å². The van der Waals surface area contributed by atoms with Gasteiger partial charge in [0.1, 0.15) is 5.75 Å². The van der Waals surface area contributed by atoms with Gasteiger partial charge < -0.3 is 35.2 Å². The number of amides is 2. The van der Waals surface area contributed by atoms with Crippen LogP contribution in [0.3, 0.4) is 0 Å². The number of morpholine rings is 1. The molecular formula is C23H26F3N3O5. The minimum absolute atomic E-state index is 0.0349. The van der Waals surface area contributed by atoms with Crippen LogP contribution in [0.4, 0.5) is 29.3 Å². The molecule has 1 aliphatic carbocycles. The molecular weight excluding hydrogens is 455 g/mol. The Kier molecular flexibility index (Phi) is 6.87. The molecule has 0 bridgehead atoms. The van der Waals surface area contributed by atoms with Crippen LogP contribution in [0, 0.1) is 0 Å². The molecule has 2 amide bonds. The van der Waals surface area contributed by atoms with E-state index in [1.807, 2.05) is 12.1 Å². The van der Waals surface area contributed by atoms with Crippen molar-refractivity contribution in [2.24, 2.45) is 0 Å². The van der Waals surface area contributed by atoms with Gasteiger partial charge in [-0.15, -0.1) is 0 Å². The third kappa shape index (κ3) is 4.91. The Balaban J connectivity index is 1.61. The molecule has 1 unspecified atom stereocenters. The summed E-state index contributed by atoms with van der Waals surface area (Å²) in [5.74, 6) is -0.299. The monoisotopic (exact) mass is 481 g/mol. The molecule has 1 aliphatic heterocycles. The zero-order chi connectivity index (χ0) is 24.5. The van der Waals surface area contributed by atoms with E-state index in [9.17, 15) is 28.2 Å². The zero-order valence-electron chi connectivity index (χ0n) is 18.4. The Morgan fingerprint density at radius 1 is 1.24 bits per heavy atom. The zero-order valence-corrected chi connectivity index (χ0v) is 18.4. The van der Waals surface area contributed by atoms with Crippen molar-refractivity contribution < 1.29 is 37.7 Å². The van der Waals surface area contributed by atoms with E-state index in [1.165, 1.54) is 12.1 Å². The van der Waals surface area contributed by atoms with E-state index in [4.69, 9.17) is 9.47 Å². The predicted octanol–water partition coefficient (Wildman–Crippen LogP) is 2.91. The third-order valence-corrected chi connectivity index (χ3v) is 6.05. The maximum atomic E-state index is 13.4. The average Bonchev–Trinajstić information content (AvgIpc) is 3.13. The first kappa shape index (κ1) is 24.1. The number of aliphatic hydroxyl groups is 2. The highest BCUT2D eigenvalue weighted by Gasteiger charge is 2.42. The lowest BCUT2D eigenvalue weighted by atomic mass is 10.0. The fourth-order valence-corrected chi connectivity index (χ4v) is 4.37. The summed E-state index contributed by atoms with van der Waals surface area (Å²) < 4.78 is 50.7. The average molecular weight is 481 g/mol. The van der Waals surface area contributed by atoms with Crippen LogP contribution >= 0.6 is 0 Å². The maximum absolute atomic E-state index is 13.4. The number of halogens is 3. The highest BCUT2D eigenvalue weighted by molar-refractivity contribution is 5.92. The molecule has 1 heterocycles. The molecule has 0 spiro atoms. The van der Waals surface area contributed by atoms with Crippen molar-refractivity contribution in [3.63, 3.8) is 0 Å². The summed E-state index contributed by atoms with van der Waals surface area (Å²) in [7, 11) is 1.16. The predicted molar refractivity (Wildman–Crippen MR) is 118 cm³/mol. The van der Waals surface area contributed by atoms with Crippen LogP contribution in [0.5, 0.6) is 5.75 Å². The number of benzene rings is 2. The number of carbonyl (C=O) groups excluding carboxylic acids is 1. The smallest absolute Gasteiger partial charge is 0.418 e. The number of hydrogen-bond donors (Lipinski definition) is 4. The molecule has 2 aromatic carbocycles. The van der Waals surface area contributed by atoms with Gasteiger partial charge in [-0.1, -0.05) is 24.3 Å². The lowest BCUT2D eigenvalue weighted by molar-refractivity contribution is -0.207. The second-order valence-electron chi connectivity index (χ2n) is 8.21. The summed E-state index contributed by atoms with van der Waals surface area (Å²) >= 11 is 0. The van der Waals surface area contributed by atoms with Crippen molar-refractivity contribution in [3.05, 3.63) is 53.1 Å². The van der Waals surface area contributed by atoms with Crippen LogP contribution < -0.4 is 20.3 Å². The number of nitrogens with one attached hydrogen (secondary N) is 2. The molecule has 1 saturated heterocycles. The molecule has 2 aromatic rings. The largest absolute Gasteiger partial charge is 0.494 e. The second kappa shape index (κ2) is 9.69. The van der Waals surface area contributed by atoms with Crippen molar-refractivity contribution >= 4 is 17.4 Å². The van der Waals surface area contributed by atoms with Crippen LogP contribution in [0.2, 0.25) is 0 Å². The Morgan fingerprint density at radius 2 is 1.94 bits per heavy atom. The number of urea groups is 1. The van der Waals surface area contributed by atoms with E-state index < -0.39 is 36.0 Å². The molecule has 11 heteroatoms. The molecule has 0 radical (unpaired) electrons. The molecule has 8 nitrogen and oxygen atoms in total. The van der Waals surface area contributed by atoms with E-state index in [0.717, 1.165) is 18.2 Å². The number of alkyl halides is 3. The summed E-state index contributed by atoms with van der Waals surface area (Å²) in [6.07, 6.45) is -8.24. The highest BCUT2D eigenvalue weighted by atomic mass is 19.4. The number of methoxy groups -OCH3 is 1. The minimum Gasteiger partial charge on any atom is -0.494 e. The van der Waals surface area contributed by atoms with Gasteiger partial charge in [0.15, 0.2) is 6.10 Å². The van der Waals surface area contributed by atoms with Gasteiger partial charge in [-0.3, -0.25) is 0 Å². The highest BCUT2D eigenvalue weighted by Crippen LogP contribution is 2.43. The second-order valence-corrected chi connectivity index (χ2v) is 8.21. The van der Waals surface area contributed by atoms with Gasteiger partial charge in [-0.05, 0) is 29.7 Å².